The molecule has 0 aromatic heterocycles. The van der Waals surface area contributed by atoms with Crippen molar-refractivity contribution in [3.63, 3.8) is 0 Å². The Bertz CT molecular complexity index is 965. The van der Waals surface area contributed by atoms with Crippen LogP contribution in [0.3, 0.4) is 0 Å². The summed E-state index contributed by atoms with van der Waals surface area (Å²) in [6, 6.07) is 12.4. The molecule has 3 rings (SSSR count). The van der Waals surface area contributed by atoms with Gasteiger partial charge in [0.15, 0.2) is 0 Å². The van der Waals surface area contributed by atoms with Crippen LogP contribution in [0.15, 0.2) is 53.4 Å². The van der Waals surface area contributed by atoms with Gasteiger partial charge in [0.1, 0.15) is 0 Å². The molecule has 0 saturated carbocycles. The zero-order valence-electron chi connectivity index (χ0n) is 14.5. The van der Waals surface area contributed by atoms with Crippen LogP contribution in [0.2, 0.25) is 0 Å². The molecule has 1 aliphatic rings. The van der Waals surface area contributed by atoms with Crippen molar-refractivity contribution >= 4 is 27.5 Å². The molecular formula is C18H20N4O4S. The minimum absolute atomic E-state index is 0.0464. The third-order valence-electron chi connectivity index (χ3n) is 4.48. The van der Waals surface area contributed by atoms with E-state index in [9.17, 15) is 18.0 Å². The number of rotatable bonds is 3. The topological polar surface area (TPSA) is 127 Å². The maximum absolute atomic E-state index is 12.6. The summed E-state index contributed by atoms with van der Waals surface area (Å²) in [5.74, 6) is -0.375. The maximum Gasteiger partial charge on any atom is 0.256 e. The normalized spacial score (nSPS) is 14.9. The third-order valence-corrected chi connectivity index (χ3v) is 5.40. The van der Waals surface area contributed by atoms with Crippen LogP contribution >= 0.6 is 0 Å². The molecule has 9 heteroatoms. The Labute approximate surface area is 157 Å². The molecule has 0 radical (unpaired) electrons. The van der Waals surface area contributed by atoms with Crippen molar-refractivity contribution in [1.82, 2.24) is 9.80 Å². The van der Waals surface area contributed by atoms with Crippen LogP contribution in [0, 0.1) is 0 Å². The van der Waals surface area contributed by atoms with Crippen molar-refractivity contribution in [2.45, 2.75) is 4.90 Å². The highest BCUT2D eigenvalue weighted by molar-refractivity contribution is 7.89. The lowest BCUT2D eigenvalue weighted by Gasteiger charge is -2.35. The van der Waals surface area contributed by atoms with Gasteiger partial charge in [0, 0.05) is 37.4 Å². The smallest absolute Gasteiger partial charge is 0.256 e. The number of primary sulfonamides is 1. The van der Waals surface area contributed by atoms with Gasteiger partial charge in [0.25, 0.3) is 11.8 Å². The Hall–Kier alpha value is -2.91. The SMILES string of the molecule is Nc1ccccc1C(=O)N1CCN(C(=O)c2ccc(S(N)(=O)=O)cc2)CC1. The number of piperazine rings is 1. The van der Waals surface area contributed by atoms with Crippen LogP contribution in [-0.4, -0.2) is 56.2 Å². The fourth-order valence-electron chi connectivity index (χ4n) is 2.94. The molecule has 1 heterocycles. The van der Waals surface area contributed by atoms with Gasteiger partial charge < -0.3 is 15.5 Å². The predicted octanol–water partition coefficient (Wildman–Crippen LogP) is 0.514. The van der Waals surface area contributed by atoms with E-state index in [4.69, 9.17) is 10.9 Å². The fourth-order valence-corrected chi connectivity index (χ4v) is 3.46. The number of sulfonamides is 1. The van der Waals surface area contributed by atoms with Crippen molar-refractivity contribution in [3.05, 3.63) is 59.7 Å². The van der Waals surface area contributed by atoms with Crippen molar-refractivity contribution in [3.8, 4) is 0 Å². The zero-order chi connectivity index (χ0) is 19.6. The van der Waals surface area contributed by atoms with Gasteiger partial charge in [-0.2, -0.15) is 0 Å². The first-order valence-electron chi connectivity index (χ1n) is 8.33. The molecule has 8 nitrogen and oxygen atoms in total. The third kappa shape index (κ3) is 4.09. The lowest BCUT2D eigenvalue weighted by molar-refractivity contribution is 0.0536. The molecule has 0 spiro atoms. The van der Waals surface area contributed by atoms with Gasteiger partial charge in [-0.15, -0.1) is 0 Å². The molecule has 1 aliphatic heterocycles. The van der Waals surface area contributed by atoms with E-state index in [1.807, 2.05) is 0 Å². The quantitative estimate of drug-likeness (QED) is 0.741. The van der Waals surface area contributed by atoms with E-state index in [1.54, 1.807) is 34.1 Å². The maximum atomic E-state index is 12.6. The largest absolute Gasteiger partial charge is 0.398 e. The van der Waals surface area contributed by atoms with E-state index in [0.717, 1.165) is 0 Å². The molecule has 4 N–H and O–H groups in total. The number of amides is 2. The number of benzene rings is 2. The average Bonchev–Trinajstić information content (AvgIpc) is 2.67. The van der Waals surface area contributed by atoms with E-state index in [2.05, 4.69) is 0 Å². The first kappa shape index (κ1) is 18.9. The number of carbonyl (C=O) groups excluding carboxylic acids is 2. The summed E-state index contributed by atoms with van der Waals surface area (Å²) in [7, 11) is -3.80. The Balaban J connectivity index is 1.64. The van der Waals surface area contributed by atoms with Crippen molar-refractivity contribution in [2.75, 3.05) is 31.9 Å². The molecule has 27 heavy (non-hydrogen) atoms. The second-order valence-corrected chi connectivity index (χ2v) is 7.80. The number of nitrogens with two attached hydrogens (primary N) is 2. The highest BCUT2D eigenvalue weighted by atomic mass is 32.2. The molecule has 2 aromatic carbocycles. The number of para-hydroxylation sites is 1. The van der Waals surface area contributed by atoms with Gasteiger partial charge in [-0.05, 0) is 36.4 Å². The number of nitrogen functional groups attached to an aromatic ring is 1. The van der Waals surface area contributed by atoms with Gasteiger partial charge in [0.05, 0.1) is 10.5 Å². The first-order chi connectivity index (χ1) is 12.8. The standard InChI is InChI=1S/C18H20N4O4S/c19-16-4-2-1-3-15(16)18(24)22-11-9-21(10-12-22)17(23)13-5-7-14(8-6-13)27(20,25)26/h1-8H,9-12,19H2,(H2,20,25,26). The lowest BCUT2D eigenvalue weighted by atomic mass is 10.1. The number of hydrogen-bond donors (Lipinski definition) is 2. The van der Waals surface area contributed by atoms with Crippen LogP contribution < -0.4 is 10.9 Å². The highest BCUT2D eigenvalue weighted by Crippen LogP contribution is 2.17. The molecule has 2 amide bonds. The fraction of sp³-hybridized carbons (Fsp3) is 0.222. The summed E-state index contributed by atoms with van der Waals surface area (Å²) in [6.45, 7) is 1.56. The number of carbonyl (C=O) groups is 2. The Morgan fingerprint density at radius 3 is 1.85 bits per heavy atom. The summed E-state index contributed by atoms with van der Waals surface area (Å²) >= 11 is 0. The van der Waals surface area contributed by atoms with Gasteiger partial charge in [-0.3, -0.25) is 9.59 Å². The monoisotopic (exact) mass is 388 g/mol. The summed E-state index contributed by atoms with van der Waals surface area (Å²) < 4.78 is 22.6. The van der Waals surface area contributed by atoms with Gasteiger partial charge in [0.2, 0.25) is 10.0 Å². The summed E-state index contributed by atoms with van der Waals surface area (Å²) in [4.78, 5) is 28.4. The molecular weight excluding hydrogens is 368 g/mol. The number of anilines is 1. The summed E-state index contributed by atoms with van der Waals surface area (Å²) in [5.41, 5.74) is 7.11. The van der Waals surface area contributed by atoms with Crippen molar-refractivity contribution in [2.24, 2.45) is 5.14 Å². The van der Waals surface area contributed by atoms with Gasteiger partial charge in [-0.25, -0.2) is 13.6 Å². The number of nitrogens with zero attached hydrogens (tertiary/aromatic N) is 2. The van der Waals surface area contributed by atoms with E-state index >= 15 is 0 Å². The van der Waals surface area contributed by atoms with Crippen LogP contribution in [-0.2, 0) is 10.0 Å². The second-order valence-electron chi connectivity index (χ2n) is 6.24. The van der Waals surface area contributed by atoms with Crippen molar-refractivity contribution < 1.29 is 18.0 Å². The first-order valence-corrected chi connectivity index (χ1v) is 9.88. The Kier molecular flexibility index (Phi) is 5.15. The molecule has 2 aromatic rings. The molecule has 1 saturated heterocycles. The summed E-state index contributed by atoms with van der Waals surface area (Å²) in [5, 5.41) is 5.06. The Morgan fingerprint density at radius 1 is 0.815 bits per heavy atom. The van der Waals surface area contributed by atoms with Gasteiger partial charge in [-0.1, -0.05) is 12.1 Å². The van der Waals surface area contributed by atoms with E-state index in [-0.39, 0.29) is 16.7 Å². The molecule has 0 unspecified atom stereocenters. The van der Waals surface area contributed by atoms with E-state index < -0.39 is 10.0 Å². The zero-order valence-corrected chi connectivity index (χ0v) is 15.4. The van der Waals surface area contributed by atoms with Gasteiger partial charge >= 0.3 is 0 Å². The van der Waals surface area contributed by atoms with Crippen LogP contribution in [0.25, 0.3) is 0 Å². The Morgan fingerprint density at radius 2 is 1.33 bits per heavy atom. The molecule has 0 atom stereocenters. The average molecular weight is 388 g/mol. The van der Waals surface area contributed by atoms with Crippen LogP contribution in [0.1, 0.15) is 20.7 Å². The predicted molar refractivity (Wildman–Crippen MR) is 100 cm³/mol. The lowest BCUT2D eigenvalue weighted by Crippen LogP contribution is -2.50. The van der Waals surface area contributed by atoms with Crippen LogP contribution in [0.4, 0.5) is 5.69 Å². The number of hydrogen-bond acceptors (Lipinski definition) is 5. The molecule has 1 fully saturated rings. The van der Waals surface area contributed by atoms with E-state index in [0.29, 0.717) is 43.0 Å². The molecule has 142 valence electrons. The van der Waals surface area contributed by atoms with Crippen LogP contribution in [0.5, 0.6) is 0 Å². The molecule has 0 bridgehead atoms. The minimum Gasteiger partial charge on any atom is -0.398 e. The summed E-state index contributed by atoms with van der Waals surface area (Å²) in [6.07, 6.45) is 0. The van der Waals surface area contributed by atoms with E-state index in [1.165, 1.54) is 24.3 Å². The molecule has 0 aliphatic carbocycles. The van der Waals surface area contributed by atoms with Crippen molar-refractivity contribution in [1.29, 1.82) is 0 Å². The minimum atomic E-state index is -3.80. The second kappa shape index (κ2) is 7.37. The highest BCUT2D eigenvalue weighted by Gasteiger charge is 2.26.